The normalized spacial score (nSPS) is 17.6. The van der Waals surface area contributed by atoms with Crippen molar-refractivity contribution in [1.29, 1.82) is 0 Å². The molecule has 0 bridgehead atoms. The van der Waals surface area contributed by atoms with Gasteiger partial charge in [-0.1, -0.05) is 36.4 Å². The van der Waals surface area contributed by atoms with Crippen LogP contribution in [0.2, 0.25) is 0 Å². The third kappa shape index (κ3) is 3.75. The van der Waals surface area contributed by atoms with Crippen LogP contribution in [0.3, 0.4) is 0 Å². The van der Waals surface area contributed by atoms with Crippen molar-refractivity contribution < 1.29 is 13.2 Å². The molecule has 2 aromatic carbocycles. The van der Waals surface area contributed by atoms with Gasteiger partial charge in [-0.05, 0) is 61.2 Å². The van der Waals surface area contributed by atoms with E-state index in [4.69, 9.17) is 4.98 Å². The van der Waals surface area contributed by atoms with Gasteiger partial charge in [-0.25, -0.2) is 9.97 Å². The van der Waals surface area contributed by atoms with Crippen LogP contribution < -0.4 is 5.32 Å². The fourth-order valence-electron chi connectivity index (χ4n) is 5.14. The Bertz CT molecular complexity index is 1120. The first-order chi connectivity index (χ1) is 15.4. The third-order valence-electron chi connectivity index (χ3n) is 6.87. The Morgan fingerprint density at radius 1 is 1.03 bits per heavy atom. The predicted octanol–water partition coefficient (Wildman–Crippen LogP) is 5.29. The number of anilines is 1. The number of benzene rings is 2. The van der Waals surface area contributed by atoms with Crippen molar-refractivity contribution in [3.05, 3.63) is 77.0 Å². The predicted molar refractivity (Wildman–Crippen MR) is 118 cm³/mol. The Hall–Kier alpha value is -2.93. The zero-order chi connectivity index (χ0) is 22.3. The maximum atomic E-state index is 12.8. The molecule has 3 aromatic rings. The van der Waals surface area contributed by atoms with E-state index in [1.54, 1.807) is 12.1 Å². The van der Waals surface area contributed by atoms with Crippen molar-refractivity contribution in [2.45, 2.75) is 37.4 Å². The minimum Gasteiger partial charge on any atom is -0.357 e. The molecule has 0 radical (unpaired) electrons. The number of aromatic nitrogens is 2. The molecule has 1 spiro atoms. The summed E-state index contributed by atoms with van der Waals surface area (Å²) in [5, 5.41) is 3.03. The van der Waals surface area contributed by atoms with E-state index in [-0.39, 0.29) is 5.41 Å². The molecule has 0 saturated carbocycles. The van der Waals surface area contributed by atoms with Gasteiger partial charge in [-0.3, -0.25) is 4.90 Å². The molecule has 0 atom stereocenters. The zero-order valence-electron chi connectivity index (χ0n) is 17.9. The van der Waals surface area contributed by atoms with Gasteiger partial charge < -0.3 is 5.32 Å². The summed E-state index contributed by atoms with van der Waals surface area (Å²) in [5.74, 6) is 0.626. The van der Waals surface area contributed by atoms with E-state index in [2.05, 4.69) is 39.5 Å². The number of rotatable bonds is 3. The van der Waals surface area contributed by atoms with Crippen LogP contribution in [0.25, 0.3) is 11.3 Å². The molecule has 7 heteroatoms. The van der Waals surface area contributed by atoms with Crippen LogP contribution in [0.4, 0.5) is 19.1 Å². The van der Waals surface area contributed by atoms with Crippen molar-refractivity contribution >= 4 is 5.95 Å². The average Bonchev–Trinajstić information content (AvgIpc) is 2.80. The van der Waals surface area contributed by atoms with Crippen LogP contribution in [0.5, 0.6) is 0 Å². The highest BCUT2D eigenvalue weighted by molar-refractivity contribution is 5.72. The molecule has 1 aliphatic carbocycles. The standard InChI is InChI=1S/C25H25F3N4/c1-29-23-30-15-18-14-24(21-5-3-2-4-20(21)22(18)31-23)10-12-32(13-11-24)16-17-6-8-19(9-7-17)25(26,27)28/h2-9,15H,10-14,16H2,1H3,(H,29,30,31). The van der Waals surface area contributed by atoms with Gasteiger partial charge in [0.15, 0.2) is 0 Å². The van der Waals surface area contributed by atoms with Crippen LogP contribution in [0.1, 0.15) is 35.1 Å². The Morgan fingerprint density at radius 3 is 2.44 bits per heavy atom. The first-order valence-corrected chi connectivity index (χ1v) is 10.9. The fourth-order valence-corrected chi connectivity index (χ4v) is 5.14. The molecule has 166 valence electrons. The molecule has 0 unspecified atom stereocenters. The second-order valence-corrected chi connectivity index (χ2v) is 8.79. The number of alkyl halides is 3. The highest BCUT2D eigenvalue weighted by Crippen LogP contribution is 2.48. The smallest absolute Gasteiger partial charge is 0.357 e. The fraction of sp³-hybridized carbons (Fsp3) is 0.360. The van der Waals surface area contributed by atoms with E-state index >= 15 is 0 Å². The van der Waals surface area contributed by atoms with E-state index < -0.39 is 11.7 Å². The summed E-state index contributed by atoms with van der Waals surface area (Å²) in [6.07, 6.45) is 0.562. The van der Waals surface area contributed by atoms with Gasteiger partial charge in [0, 0.05) is 30.8 Å². The molecule has 1 fully saturated rings. The summed E-state index contributed by atoms with van der Waals surface area (Å²) < 4.78 is 38.5. The largest absolute Gasteiger partial charge is 0.416 e. The van der Waals surface area contributed by atoms with Crippen molar-refractivity contribution in [3.8, 4) is 11.3 Å². The zero-order valence-corrected chi connectivity index (χ0v) is 17.9. The van der Waals surface area contributed by atoms with Crippen LogP contribution in [-0.2, 0) is 24.6 Å². The van der Waals surface area contributed by atoms with Gasteiger partial charge in [0.05, 0.1) is 11.3 Å². The van der Waals surface area contributed by atoms with Gasteiger partial charge >= 0.3 is 6.18 Å². The maximum Gasteiger partial charge on any atom is 0.416 e. The molecular weight excluding hydrogens is 413 g/mol. The third-order valence-corrected chi connectivity index (χ3v) is 6.87. The summed E-state index contributed by atoms with van der Waals surface area (Å²) in [5.41, 5.74) is 5.09. The molecule has 1 aliphatic heterocycles. The molecule has 0 amide bonds. The number of nitrogens with one attached hydrogen (secondary N) is 1. The molecule has 1 aromatic heterocycles. The van der Waals surface area contributed by atoms with Crippen LogP contribution in [0, 0.1) is 0 Å². The number of likely N-dealkylation sites (tertiary alicyclic amines) is 1. The number of halogens is 3. The van der Waals surface area contributed by atoms with Gasteiger partial charge in [-0.15, -0.1) is 0 Å². The first-order valence-electron chi connectivity index (χ1n) is 10.9. The molecule has 1 N–H and O–H groups in total. The average molecular weight is 438 g/mol. The molecule has 2 heterocycles. The summed E-state index contributed by atoms with van der Waals surface area (Å²) in [6, 6.07) is 14.1. The Labute approximate surface area is 185 Å². The summed E-state index contributed by atoms with van der Waals surface area (Å²) >= 11 is 0. The van der Waals surface area contributed by atoms with E-state index in [1.807, 2.05) is 13.2 Å². The minimum atomic E-state index is -4.29. The van der Waals surface area contributed by atoms with Gasteiger partial charge in [0.2, 0.25) is 5.95 Å². The second-order valence-electron chi connectivity index (χ2n) is 8.79. The summed E-state index contributed by atoms with van der Waals surface area (Å²) in [6.45, 7) is 2.47. The van der Waals surface area contributed by atoms with E-state index in [0.29, 0.717) is 12.5 Å². The molecule has 32 heavy (non-hydrogen) atoms. The van der Waals surface area contributed by atoms with Crippen molar-refractivity contribution in [1.82, 2.24) is 14.9 Å². The molecular formula is C25H25F3N4. The second kappa shape index (κ2) is 7.89. The molecule has 2 aliphatic rings. The highest BCUT2D eigenvalue weighted by Gasteiger charge is 2.41. The summed E-state index contributed by atoms with van der Waals surface area (Å²) in [7, 11) is 1.82. The molecule has 1 saturated heterocycles. The van der Waals surface area contributed by atoms with E-state index in [1.165, 1.54) is 28.8 Å². The van der Waals surface area contributed by atoms with Crippen molar-refractivity contribution in [2.75, 3.05) is 25.5 Å². The molecule has 5 rings (SSSR count). The van der Waals surface area contributed by atoms with Gasteiger partial charge in [-0.2, -0.15) is 13.2 Å². The van der Waals surface area contributed by atoms with Gasteiger partial charge in [0.1, 0.15) is 0 Å². The van der Waals surface area contributed by atoms with Crippen LogP contribution in [-0.4, -0.2) is 35.0 Å². The van der Waals surface area contributed by atoms with Crippen LogP contribution >= 0.6 is 0 Å². The molecule has 4 nitrogen and oxygen atoms in total. The summed E-state index contributed by atoms with van der Waals surface area (Å²) in [4.78, 5) is 11.5. The Morgan fingerprint density at radius 2 is 1.75 bits per heavy atom. The van der Waals surface area contributed by atoms with E-state index in [0.717, 1.165) is 43.6 Å². The lowest BCUT2D eigenvalue weighted by Crippen LogP contribution is -2.45. The maximum absolute atomic E-state index is 12.8. The lowest BCUT2D eigenvalue weighted by atomic mass is 9.64. The van der Waals surface area contributed by atoms with Crippen LogP contribution in [0.15, 0.2) is 54.7 Å². The van der Waals surface area contributed by atoms with Crippen molar-refractivity contribution in [2.24, 2.45) is 0 Å². The number of hydrogen-bond donors (Lipinski definition) is 1. The van der Waals surface area contributed by atoms with Gasteiger partial charge in [0.25, 0.3) is 0 Å². The Balaban J connectivity index is 1.35. The topological polar surface area (TPSA) is 41.1 Å². The number of piperidine rings is 1. The Kier molecular flexibility index (Phi) is 5.16. The highest BCUT2D eigenvalue weighted by atomic mass is 19.4. The number of nitrogens with zero attached hydrogens (tertiary/aromatic N) is 3. The van der Waals surface area contributed by atoms with E-state index in [9.17, 15) is 13.2 Å². The monoisotopic (exact) mass is 438 g/mol. The lowest BCUT2D eigenvalue weighted by molar-refractivity contribution is -0.137. The number of fused-ring (bicyclic) bond motifs is 4. The first kappa shape index (κ1) is 20.9. The lowest BCUT2D eigenvalue weighted by Gasteiger charge is -2.45. The minimum absolute atomic E-state index is 0.0464. The SMILES string of the molecule is CNc1ncc2c(n1)-c1ccccc1C1(CCN(Cc3ccc(C(F)(F)F)cc3)CC1)C2. The quantitative estimate of drug-likeness (QED) is 0.603. The number of hydrogen-bond acceptors (Lipinski definition) is 4. The van der Waals surface area contributed by atoms with Crippen molar-refractivity contribution in [3.63, 3.8) is 0 Å².